The zero-order valence-corrected chi connectivity index (χ0v) is 13.8. The number of benzene rings is 2. The molecule has 0 aliphatic rings. The number of allylic oxidation sites excluding steroid dienone is 1. The Morgan fingerprint density at radius 1 is 1.00 bits per heavy atom. The summed E-state index contributed by atoms with van der Waals surface area (Å²) in [5.41, 5.74) is 2.23. The molecule has 0 aromatic heterocycles. The summed E-state index contributed by atoms with van der Waals surface area (Å²) in [6, 6.07) is 15.4. The molecule has 0 saturated carbocycles. The van der Waals surface area contributed by atoms with E-state index in [9.17, 15) is 14.9 Å². The van der Waals surface area contributed by atoms with Crippen LogP contribution in [0.15, 0.2) is 60.7 Å². The largest absolute Gasteiger partial charge is 0.371 e. The maximum Gasteiger partial charge on any atom is 0.269 e. The summed E-state index contributed by atoms with van der Waals surface area (Å²) in [5, 5.41) is 10.7. The fourth-order valence-corrected chi connectivity index (χ4v) is 2.49. The lowest BCUT2D eigenvalue weighted by atomic mass is 10.1. The van der Waals surface area contributed by atoms with E-state index >= 15 is 0 Å². The molecule has 2 aromatic rings. The zero-order chi connectivity index (χ0) is 17.5. The van der Waals surface area contributed by atoms with Crippen LogP contribution in [0.4, 0.5) is 5.69 Å². The molecule has 0 spiro atoms. The lowest BCUT2D eigenvalue weighted by Crippen LogP contribution is -2.22. The number of carbonyl (C=O) groups excluding carboxylic acids is 1. The van der Waals surface area contributed by atoms with Crippen LogP contribution in [0.2, 0.25) is 0 Å². The number of nitro benzene ring substituents is 1. The van der Waals surface area contributed by atoms with Gasteiger partial charge < -0.3 is 4.90 Å². The van der Waals surface area contributed by atoms with Crippen LogP contribution in [0.3, 0.4) is 0 Å². The normalized spacial score (nSPS) is 11.2. The van der Waals surface area contributed by atoms with Gasteiger partial charge in [-0.05, 0) is 31.5 Å². The molecule has 5 nitrogen and oxygen atoms in total. The van der Waals surface area contributed by atoms with Gasteiger partial charge in [-0.2, -0.15) is 0 Å². The summed E-state index contributed by atoms with van der Waals surface area (Å²) in [7, 11) is 0. The molecular weight excluding hydrogens is 304 g/mol. The van der Waals surface area contributed by atoms with E-state index in [4.69, 9.17) is 0 Å². The summed E-state index contributed by atoms with van der Waals surface area (Å²) in [6.07, 6.45) is 1.60. The second-order valence-electron chi connectivity index (χ2n) is 5.24. The van der Waals surface area contributed by atoms with E-state index in [1.165, 1.54) is 24.3 Å². The first-order chi connectivity index (χ1) is 11.6. The summed E-state index contributed by atoms with van der Waals surface area (Å²) >= 11 is 0. The van der Waals surface area contributed by atoms with Crippen molar-refractivity contribution in [2.24, 2.45) is 0 Å². The summed E-state index contributed by atoms with van der Waals surface area (Å²) in [6.45, 7) is 5.64. The second kappa shape index (κ2) is 8.06. The predicted octanol–water partition coefficient (Wildman–Crippen LogP) is 4.16. The van der Waals surface area contributed by atoms with E-state index in [1.807, 2.05) is 44.2 Å². The van der Waals surface area contributed by atoms with E-state index in [1.54, 1.807) is 6.08 Å². The van der Waals surface area contributed by atoms with E-state index in [0.29, 0.717) is 5.56 Å². The fraction of sp³-hybridized carbons (Fsp3) is 0.211. The molecule has 0 aliphatic heterocycles. The maximum absolute atomic E-state index is 12.6. The minimum absolute atomic E-state index is 0.0254. The molecule has 0 heterocycles. The van der Waals surface area contributed by atoms with Gasteiger partial charge in [0.1, 0.15) is 0 Å². The van der Waals surface area contributed by atoms with E-state index in [2.05, 4.69) is 4.90 Å². The van der Waals surface area contributed by atoms with Gasteiger partial charge in [0.05, 0.1) is 4.92 Å². The van der Waals surface area contributed by atoms with Crippen LogP contribution < -0.4 is 0 Å². The number of ketones is 1. The van der Waals surface area contributed by atoms with Crippen LogP contribution in [0.1, 0.15) is 29.8 Å². The minimum atomic E-state index is -0.477. The highest BCUT2D eigenvalue weighted by Gasteiger charge is 2.13. The molecule has 0 amide bonds. The van der Waals surface area contributed by atoms with Crippen molar-refractivity contribution in [3.05, 3.63) is 81.9 Å². The lowest BCUT2D eigenvalue weighted by Gasteiger charge is -2.24. The molecule has 0 radical (unpaired) electrons. The summed E-state index contributed by atoms with van der Waals surface area (Å²) in [4.78, 5) is 24.9. The van der Waals surface area contributed by atoms with Gasteiger partial charge in [0.15, 0.2) is 5.78 Å². The number of rotatable bonds is 7. The van der Waals surface area contributed by atoms with Crippen LogP contribution >= 0.6 is 0 Å². The molecule has 0 aliphatic carbocycles. The van der Waals surface area contributed by atoms with Crippen LogP contribution in [0.5, 0.6) is 0 Å². The molecule has 124 valence electrons. The molecule has 0 unspecified atom stereocenters. The van der Waals surface area contributed by atoms with Crippen molar-refractivity contribution in [2.45, 2.75) is 13.8 Å². The van der Waals surface area contributed by atoms with E-state index in [-0.39, 0.29) is 11.5 Å². The summed E-state index contributed by atoms with van der Waals surface area (Å²) < 4.78 is 0. The van der Waals surface area contributed by atoms with E-state index < -0.39 is 4.92 Å². The second-order valence-corrected chi connectivity index (χ2v) is 5.24. The van der Waals surface area contributed by atoms with Crippen LogP contribution in [0.25, 0.3) is 5.70 Å². The SMILES string of the molecule is CCN(CC)/C(=C/C(=O)c1ccc([N+](=O)[O-])cc1)c1ccccc1. The summed E-state index contributed by atoms with van der Waals surface area (Å²) in [5.74, 6) is -0.171. The quantitative estimate of drug-likeness (QED) is 0.332. The molecule has 0 N–H and O–H groups in total. The highest BCUT2D eigenvalue weighted by Crippen LogP contribution is 2.20. The number of hydrogen-bond donors (Lipinski definition) is 0. The Hall–Kier alpha value is -2.95. The average molecular weight is 324 g/mol. The van der Waals surface area contributed by atoms with Gasteiger partial charge in [0.25, 0.3) is 5.69 Å². The predicted molar refractivity (Wildman–Crippen MR) is 94.8 cm³/mol. The van der Waals surface area contributed by atoms with Gasteiger partial charge in [0.2, 0.25) is 0 Å². The first-order valence-corrected chi connectivity index (χ1v) is 7.87. The van der Waals surface area contributed by atoms with Crippen molar-refractivity contribution < 1.29 is 9.72 Å². The zero-order valence-electron chi connectivity index (χ0n) is 13.8. The topological polar surface area (TPSA) is 63.5 Å². The van der Waals surface area contributed by atoms with Crippen molar-refractivity contribution in [2.75, 3.05) is 13.1 Å². The minimum Gasteiger partial charge on any atom is -0.371 e. The van der Waals surface area contributed by atoms with Gasteiger partial charge in [-0.25, -0.2) is 0 Å². The standard InChI is InChI=1S/C19H20N2O3/c1-3-20(4-2)18(15-8-6-5-7-9-15)14-19(22)16-10-12-17(13-11-16)21(23)24/h5-14H,3-4H2,1-2H3/b18-14+. The van der Waals surface area contributed by atoms with Crippen molar-refractivity contribution in [3.8, 4) is 0 Å². The lowest BCUT2D eigenvalue weighted by molar-refractivity contribution is -0.384. The Morgan fingerprint density at radius 2 is 1.58 bits per heavy atom. The molecule has 0 saturated heterocycles. The smallest absolute Gasteiger partial charge is 0.269 e. The maximum atomic E-state index is 12.6. The van der Waals surface area contributed by atoms with Crippen molar-refractivity contribution in [3.63, 3.8) is 0 Å². The Morgan fingerprint density at radius 3 is 2.08 bits per heavy atom. The number of carbonyl (C=O) groups is 1. The third-order valence-electron chi connectivity index (χ3n) is 3.80. The van der Waals surface area contributed by atoms with Crippen LogP contribution in [0, 0.1) is 10.1 Å². The van der Waals surface area contributed by atoms with Gasteiger partial charge in [0, 0.05) is 42.6 Å². The number of non-ortho nitro benzene ring substituents is 1. The number of nitrogens with zero attached hydrogens (tertiary/aromatic N) is 2. The van der Waals surface area contributed by atoms with Gasteiger partial charge in [-0.1, -0.05) is 30.3 Å². The Labute approximate surface area is 141 Å². The molecule has 24 heavy (non-hydrogen) atoms. The molecule has 0 atom stereocenters. The van der Waals surface area contributed by atoms with Crippen molar-refractivity contribution >= 4 is 17.2 Å². The Bertz CT molecular complexity index is 733. The van der Waals surface area contributed by atoms with Crippen molar-refractivity contribution in [1.82, 2.24) is 4.90 Å². The third-order valence-corrected chi connectivity index (χ3v) is 3.80. The molecule has 5 heteroatoms. The Kier molecular flexibility index (Phi) is 5.84. The Balaban J connectivity index is 2.38. The monoisotopic (exact) mass is 324 g/mol. The number of hydrogen-bond acceptors (Lipinski definition) is 4. The number of nitro groups is 1. The van der Waals surface area contributed by atoms with Crippen molar-refractivity contribution in [1.29, 1.82) is 0 Å². The molecule has 0 fully saturated rings. The molecule has 2 rings (SSSR count). The van der Waals surface area contributed by atoms with Gasteiger partial charge in [-0.3, -0.25) is 14.9 Å². The molecular formula is C19H20N2O3. The molecule has 0 bridgehead atoms. The fourth-order valence-electron chi connectivity index (χ4n) is 2.49. The third kappa shape index (κ3) is 4.07. The first-order valence-electron chi connectivity index (χ1n) is 7.87. The van der Waals surface area contributed by atoms with Crippen LogP contribution in [-0.4, -0.2) is 28.7 Å². The van der Waals surface area contributed by atoms with E-state index in [0.717, 1.165) is 24.4 Å². The highest BCUT2D eigenvalue weighted by atomic mass is 16.6. The van der Waals surface area contributed by atoms with Gasteiger partial charge in [-0.15, -0.1) is 0 Å². The van der Waals surface area contributed by atoms with Crippen LogP contribution in [-0.2, 0) is 0 Å². The first kappa shape index (κ1) is 17.4. The molecule has 2 aromatic carbocycles. The average Bonchev–Trinajstić information content (AvgIpc) is 2.62. The highest BCUT2D eigenvalue weighted by molar-refractivity contribution is 6.08. The van der Waals surface area contributed by atoms with Gasteiger partial charge >= 0.3 is 0 Å².